The van der Waals surface area contributed by atoms with E-state index in [1.165, 1.54) is 0 Å². The average Bonchev–Trinajstić information content (AvgIpc) is 2.69. The minimum Gasteiger partial charge on any atom is -0.494 e. The Morgan fingerprint density at radius 3 is 2.69 bits per heavy atom. The van der Waals surface area contributed by atoms with Crippen molar-refractivity contribution in [1.29, 1.82) is 0 Å². The average molecular weight is 412 g/mol. The van der Waals surface area contributed by atoms with Crippen LogP contribution in [0.15, 0.2) is 59.4 Å². The SMILES string of the molecule is CCOc1ccc2[nH]c(=O)c(CN(CC(C)O)C(=S)Nc3ccccc3)cc2c1. The summed E-state index contributed by atoms with van der Waals surface area (Å²) in [7, 11) is 0. The van der Waals surface area contributed by atoms with Gasteiger partial charge in [-0.3, -0.25) is 4.79 Å². The van der Waals surface area contributed by atoms with Gasteiger partial charge in [0.15, 0.2) is 5.11 Å². The summed E-state index contributed by atoms with van der Waals surface area (Å²) >= 11 is 5.54. The summed E-state index contributed by atoms with van der Waals surface area (Å²) in [4.78, 5) is 17.3. The van der Waals surface area contributed by atoms with Crippen molar-refractivity contribution in [2.45, 2.75) is 26.5 Å². The molecule has 7 heteroatoms. The normalized spacial score (nSPS) is 11.8. The number of nitrogens with one attached hydrogen (secondary N) is 2. The van der Waals surface area contributed by atoms with Crippen molar-refractivity contribution in [2.75, 3.05) is 18.5 Å². The third kappa shape index (κ3) is 5.56. The number of para-hydroxylation sites is 1. The Labute approximate surface area is 175 Å². The number of hydrogen-bond acceptors (Lipinski definition) is 4. The number of hydrogen-bond donors (Lipinski definition) is 3. The van der Waals surface area contributed by atoms with Gasteiger partial charge in [-0.2, -0.15) is 0 Å². The lowest BCUT2D eigenvalue weighted by atomic mass is 10.1. The highest BCUT2D eigenvalue weighted by molar-refractivity contribution is 7.80. The largest absolute Gasteiger partial charge is 0.494 e. The number of fused-ring (bicyclic) bond motifs is 1. The molecule has 3 rings (SSSR count). The monoisotopic (exact) mass is 411 g/mol. The summed E-state index contributed by atoms with van der Waals surface area (Å²) < 4.78 is 5.56. The van der Waals surface area contributed by atoms with E-state index < -0.39 is 6.10 Å². The number of rotatable bonds is 7. The van der Waals surface area contributed by atoms with Gasteiger partial charge in [0.1, 0.15) is 5.75 Å². The molecule has 0 spiro atoms. The molecule has 0 aliphatic heterocycles. The Bertz CT molecular complexity index is 1030. The first-order valence-electron chi connectivity index (χ1n) is 9.54. The van der Waals surface area contributed by atoms with Gasteiger partial charge in [0.25, 0.3) is 5.56 Å². The maximum Gasteiger partial charge on any atom is 0.253 e. The topological polar surface area (TPSA) is 77.6 Å². The number of benzene rings is 2. The predicted octanol–water partition coefficient (Wildman–Crippen LogP) is 3.51. The molecule has 0 aliphatic rings. The molecule has 6 nitrogen and oxygen atoms in total. The van der Waals surface area contributed by atoms with E-state index in [0.717, 1.165) is 22.3 Å². The second-order valence-electron chi connectivity index (χ2n) is 6.83. The molecule has 0 amide bonds. The fraction of sp³-hybridized carbons (Fsp3) is 0.273. The van der Waals surface area contributed by atoms with Crippen LogP contribution >= 0.6 is 12.2 Å². The standard InChI is InChI=1S/C22H25N3O3S/c1-3-28-19-9-10-20-16(12-19)11-17(21(27)24-20)14-25(13-15(2)26)22(29)23-18-7-5-4-6-8-18/h4-12,15,26H,3,13-14H2,1-2H3,(H,23,29)(H,24,27). The molecule has 1 unspecified atom stereocenters. The van der Waals surface area contributed by atoms with Gasteiger partial charge in [-0.05, 0) is 62.5 Å². The molecule has 2 aromatic carbocycles. The number of thiocarbonyl (C=S) groups is 1. The molecule has 29 heavy (non-hydrogen) atoms. The lowest BCUT2D eigenvalue weighted by Gasteiger charge is -2.27. The van der Waals surface area contributed by atoms with Crippen LogP contribution in [0.25, 0.3) is 10.9 Å². The second-order valence-corrected chi connectivity index (χ2v) is 7.22. The van der Waals surface area contributed by atoms with Gasteiger partial charge in [0, 0.05) is 28.7 Å². The molecule has 1 atom stereocenters. The molecular weight excluding hydrogens is 386 g/mol. The van der Waals surface area contributed by atoms with Crippen LogP contribution < -0.4 is 15.6 Å². The van der Waals surface area contributed by atoms with Crippen molar-refractivity contribution in [3.63, 3.8) is 0 Å². The fourth-order valence-electron chi connectivity index (χ4n) is 3.07. The number of ether oxygens (including phenoxy) is 1. The Morgan fingerprint density at radius 2 is 2.00 bits per heavy atom. The molecule has 3 N–H and O–H groups in total. The zero-order chi connectivity index (χ0) is 20.8. The molecule has 0 fully saturated rings. The quantitative estimate of drug-likeness (QED) is 0.517. The molecule has 1 heterocycles. The van der Waals surface area contributed by atoms with Crippen molar-refractivity contribution >= 4 is 33.9 Å². The van der Waals surface area contributed by atoms with Gasteiger partial charge in [0.05, 0.1) is 19.3 Å². The Balaban J connectivity index is 1.87. The highest BCUT2D eigenvalue weighted by atomic mass is 32.1. The van der Waals surface area contributed by atoms with Crippen molar-refractivity contribution in [1.82, 2.24) is 9.88 Å². The number of aromatic amines is 1. The van der Waals surface area contributed by atoms with E-state index in [4.69, 9.17) is 17.0 Å². The summed E-state index contributed by atoms with van der Waals surface area (Å²) in [6, 6.07) is 17.0. The van der Waals surface area contributed by atoms with Gasteiger partial charge in [-0.25, -0.2) is 0 Å². The van der Waals surface area contributed by atoms with E-state index in [-0.39, 0.29) is 12.1 Å². The summed E-state index contributed by atoms with van der Waals surface area (Å²) in [5.41, 5.74) is 1.97. The molecule has 0 aliphatic carbocycles. The Morgan fingerprint density at radius 1 is 1.24 bits per heavy atom. The highest BCUT2D eigenvalue weighted by Gasteiger charge is 2.16. The van der Waals surface area contributed by atoms with E-state index in [2.05, 4.69) is 10.3 Å². The number of aromatic nitrogens is 1. The third-order valence-electron chi connectivity index (χ3n) is 4.36. The first-order chi connectivity index (χ1) is 14.0. The molecule has 0 radical (unpaired) electrons. The van der Waals surface area contributed by atoms with Gasteiger partial charge in [-0.1, -0.05) is 18.2 Å². The van der Waals surface area contributed by atoms with E-state index in [1.54, 1.807) is 11.8 Å². The third-order valence-corrected chi connectivity index (χ3v) is 4.72. The molecule has 3 aromatic rings. The van der Waals surface area contributed by atoms with Crippen LogP contribution in [0, 0.1) is 0 Å². The summed E-state index contributed by atoms with van der Waals surface area (Å²) in [5, 5.41) is 14.4. The number of aliphatic hydroxyl groups is 1. The van der Waals surface area contributed by atoms with E-state index in [9.17, 15) is 9.90 Å². The zero-order valence-corrected chi connectivity index (χ0v) is 17.3. The summed E-state index contributed by atoms with van der Waals surface area (Å²) in [6.07, 6.45) is -0.602. The van der Waals surface area contributed by atoms with Crippen molar-refractivity contribution < 1.29 is 9.84 Å². The molecule has 0 saturated heterocycles. The first kappa shape index (κ1) is 20.8. The van der Waals surface area contributed by atoms with Gasteiger partial charge >= 0.3 is 0 Å². The summed E-state index contributed by atoms with van der Waals surface area (Å²) in [6.45, 7) is 4.76. The smallest absolute Gasteiger partial charge is 0.253 e. The lowest BCUT2D eigenvalue weighted by molar-refractivity contribution is 0.158. The number of aliphatic hydroxyl groups excluding tert-OH is 1. The highest BCUT2D eigenvalue weighted by Crippen LogP contribution is 2.20. The van der Waals surface area contributed by atoms with Gasteiger partial charge < -0.3 is 25.0 Å². The van der Waals surface area contributed by atoms with Crippen LogP contribution in [-0.2, 0) is 6.54 Å². The molecule has 1 aromatic heterocycles. The van der Waals surface area contributed by atoms with Crippen LogP contribution in [-0.4, -0.2) is 39.4 Å². The predicted molar refractivity (Wildman–Crippen MR) is 120 cm³/mol. The van der Waals surface area contributed by atoms with Crippen LogP contribution in [0.3, 0.4) is 0 Å². The lowest BCUT2D eigenvalue weighted by Crippen LogP contribution is -2.40. The zero-order valence-electron chi connectivity index (χ0n) is 16.5. The van der Waals surface area contributed by atoms with Gasteiger partial charge in [-0.15, -0.1) is 0 Å². The number of pyridine rings is 1. The van der Waals surface area contributed by atoms with Crippen LogP contribution in [0.5, 0.6) is 5.75 Å². The molecule has 152 valence electrons. The van der Waals surface area contributed by atoms with Crippen LogP contribution in [0.1, 0.15) is 19.4 Å². The summed E-state index contributed by atoms with van der Waals surface area (Å²) in [5.74, 6) is 0.750. The van der Waals surface area contributed by atoms with Crippen molar-refractivity contribution in [3.8, 4) is 5.75 Å². The second kappa shape index (κ2) is 9.54. The van der Waals surface area contributed by atoms with E-state index >= 15 is 0 Å². The van der Waals surface area contributed by atoms with Gasteiger partial charge in [0.2, 0.25) is 0 Å². The van der Waals surface area contributed by atoms with Crippen LogP contribution in [0.2, 0.25) is 0 Å². The van der Waals surface area contributed by atoms with Crippen molar-refractivity contribution in [2.24, 2.45) is 0 Å². The Hall–Kier alpha value is -2.90. The fourth-order valence-corrected chi connectivity index (χ4v) is 3.33. The number of anilines is 1. The molecule has 0 bridgehead atoms. The van der Waals surface area contributed by atoms with Crippen LogP contribution in [0.4, 0.5) is 5.69 Å². The minimum absolute atomic E-state index is 0.181. The number of H-pyrrole nitrogens is 1. The van der Waals surface area contributed by atoms with E-state index in [1.807, 2.05) is 61.5 Å². The van der Waals surface area contributed by atoms with E-state index in [0.29, 0.717) is 23.8 Å². The number of nitrogens with zero attached hydrogens (tertiary/aromatic N) is 1. The maximum absolute atomic E-state index is 12.6. The molecular formula is C22H25N3O3S. The van der Waals surface area contributed by atoms with Crippen molar-refractivity contribution in [3.05, 3.63) is 70.5 Å². The Kier molecular flexibility index (Phi) is 6.85. The maximum atomic E-state index is 12.6. The molecule has 0 saturated carbocycles. The first-order valence-corrected chi connectivity index (χ1v) is 9.95. The minimum atomic E-state index is -0.602.